The molecule has 0 radical (unpaired) electrons. The quantitative estimate of drug-likeness (QED) is 0.720. The third-order valence-corrected chi connectivity index (χ3v) is 4.87. The minimum atomic E-state index is -0.300. The molecule has 1 amide bonds. The number of thiazole rings is 1. The van der Waals surface area contributed by atoms with E-state index in [1.165, 1.54) is 11.3 Å². The van der Waals surface area contributed by atoms with Gasteiger partial charge in [-0.15, -0.1) is 11.3 Å². The van der Waals surface area contributed by atoms with E-state index < -0.39 is 0 Å². The van der Waals surface area contributed by atoms with Gasteiger partial charge in [0, 0.05) is 16.5 Å². The lowest BCUT2D eigenvalue weighted by Crippen LogP contribution is -2.11. The Labute approximate surface area is 153 Å². The highest BCUT2D eigenvalue weighted by Gasteiger charge is 2.21. The number of aromatic nitrogens is 1. The maximum Gasteiger partial charge on any atom is 0.257 e. The van der Waals surface area contributed by atoms with Gasteiger partial charge in [0.25, 0.3) is 5.91 Å². The highest BCUT2D eigenvalue weighted by Crippen LogP contribution is 2.40. The minimum absolute atomic E-state index is 0.104. The van der Waals surface area contributed by atoms with E-state index in [9.17, 15) is 4.79 Å². The zero-order valence-electron chi connectivity index (χ0n) is 13.2. The predicted molar refractivity (Wildman–Crippen MR) is 97.8 cm³/mol. The SMILES string of the molecule is Cc1ccccc1-c1csc(NC(=O)c2cc(Cl)c3c(c2)OCO3)n1. The highest BCUT2D eigenvalue weighted by atomic mass is 35.5. The lowest BCUT2D eigenvalue weighted by atomic mass is 10.1. The summed E-state index contributed by atoms with van der Waals surface area (Å²) in [4.78, 5) is 17.0. The van der Waals surface area contributed by atoms with Crippen LogP contribution in [0, 0.1) is 6.92 Å². The maximum atomic E-state index is 12.5. The van der Waals surface area contributed by atoms with Gasteiger partial charge in [0.15, 0.2) is 16.6 Å². The number of aryl methyl sites for hydroxylation is 1. The lowest BCUT2D eigenvalue weighted by molar-refractivity contribution is 0.102. The summed E-state index contributed by atoms with van der Waals surface area (Å²) in [6.07, 6.45) is 0. The molecular weight excluding hydrogens is 360 g/mol. The molecule has 7 heteroatoms. The largest absolute Gasteiger partial charge is 0.454 e. The van der Waals surface area contributed by atoms with E-state index >= 15 is 0 Å². The molecule has 25 heavy (non-hydrogen) atoms. The van der Waals surface area contributed by atoms with E-state index in [1.807, 2.05) is 36.6 Å². The molecule has 1 aliphatic rings. The van der Waals surface area contributed by atoms with Crippen LogP contribution in [0.15, 0.2) is 41.8 Å². The van der Waals surface area contributed by atoms with Crippen LogP contribution in [0.4, 0.5) is 5.13 Å². The zero-order chi connectivity index (χ0) is 17.4. The average molecular weight is 373 g/mol. The van der Waals surface area contributed by atoms with Crippen LogP contribution >= 0.6 is 22.9 Å². The number of benzene rings is 2. The standard InChI is InChI=1S/C18H13ClN2O3S/c1-10-4-2-3-5-12(10)14-8-25-18(20-14)21-17(22)11-6-13(19)16-15(7-11)23-9-24-16/h2-8H,9H2,1H3,(H,20,21,22). The molecule has 4 rings (SSSR count). The maximum absolute atomic E-state index is 12.5. The molecule has 2 heterocycles. The molecule has 0 saturated carbocycles. The number of hydrogen-bond donors (Lipinski definition) is 1. The van der Waals surface area contributed by atoms with E-state index in [0.29, 0.717) is 27.2 Å². The molecule has 0 unspecified atom stereocenters. The first-order valence-corrected chi connectivity index (χ1v) is 8.79. The first-order chi connectivity index (χ1) is 12.1. The van der Waals surface area contributed by atoms with E-state index in [1.54, 1.807) is 12.1 Å². The van der Waals surface area contributed by atoms with Crippen LogP contribution in [-0.4, -0.2) is 17.7 Å². The summed E-state index contributed by atoms with van der Waals surface area (Å²) in [5.74, 6) is 0.637. The van der Waals surface area contributed by atoms with Crippen molar-refractivity contribution < 1.29 is 14.3 Å². The molecule has 1 aromatic heterocycles. The van der Waals surface area contributed by atoms with E-state index in [4.69, 9.17) is 21.1 Å². The number of fused-ring (bicyclic) bond motifs is 1. The predicted octanol–water partition coefficient (Wildman–Crippen LogP) is 4.75. The second-order valence-corrected chi connectivity index (χ2v) is 6.76. The second kappa shape index (κ2) is 6.38. The molecule has 126 valence electrons. The van der Waals surface area contributed by atoms with Crippen LogP contribution in [0.2, 0.25) is 5.02 Å². The van der Waals surface area contributed by atoms with Gasteiger partial charge in [-0.2, -0.15) is 0 Å². The normalized spacial score (nSPS) is 12.2. The first kappa shape index (κ1) is 15.9. The summed E-state index contributed by atoms with van der Waals surface area (Å²) in [6.45, 7) is 2.13. The molecule has 2 aromatic carbocycles. The van der Waals surface area contributed by atoms with Crippen LogP contribution in [0.25, 0.3) is 11.3 Å². The Morgan fingerprint density at radius 1 is 1.28 bits per heavy atom. The van der Waals surface area contributed by atoms with Gasteiger partial charge >= 0.3 is 0 Å². The van der Waals surface area contributed by atoms with Crippen molar-refractivity contribution in [3.63, 3.8) is 0 Å². The van der Waals surface area contributed by atoms with Crippen molar-refractivity contribution >= 4 is 34.0 Å². The Morgan fingerprint density at radius 3 is 2.96 bits per heavy atom. The van der Waals surface area contributed by atoms with Crippen LogP contribution in [0.1, 0.15) is 15.9 Å². The van der Waals surface area contributed by atoms with Crippen LogP contribution in [0.3, 0.4) is 0 Å². The average Bonchev–Trinajstić information content (AvgIpc) is 3.24. The zero-order valence-corrected chi connectivity index (χ0v) is 14.8. The Hall–Kier alpha value is -2.57. The number of ether oxygens (including phenoxy) is 2. The third kappa shape index (κ3) is 3.06. The highest BCUT2D eigenvalue weighted by molar-refractivity contribution is 7.14. The van der Waals surface area contributed by atoms with Gasteiger partial charge in [-0.05, 0) is 24.6 Å². The smallest absolute Gasteiger partial charge is 0.257 e. The molecule has 0 atom stereocenters. The van der Waals surface area contributed by atoms with Gasteiger partial charge in [0.1, 0.15) is 0 Å². The topological polar surface area (TPSA) is 60.5 Å². The summed E-state index contributed by atoms with van der Waals surface area (Å²) in [7, 11) is 0. The molecule has 5 nitrogen and oxygen atoms in total. The molecule has 0 aliphatic carbocycles. The molecule has 0 bridgehead atoms. The summed E-state index contributed by atoms with van der Waals surface area (Å²) < 4.78 is 10.5. The monoisotopic (exact) mass is 372 g/mol. The van der Waals surface area contributed by atoms with Gasteiger partial charge in [0.05, 0.1) is 10.7 Å². The van der Waals surface area contributed by atoms with Crippen LogP contribution in [0.5, 0.6) is 11.5 Å². The molecular formula is C18H13ClN2O3S. The van der Waals surface area contributed by atoms with E-state index in [-0.39, 0.29) is 12.7 Å². The van der Waals surface area contributed by atoms with E-state index in [0.717, 1.165) is 16.8 Å². The second-order valence-electron chi connectivity index (χ2n) is 5.50. The van der Waals surface area contributed by atoms with Gasteiger partial charge in [-0.25, -0.2) is 4.98 Å². The molecule has 0 fully saturated rings. The van der Waals surface area contributed by atoms with Crippen LogP contribution in [-0.2, 0) is 0 Å². The molecule has 0 spiro atoms. The van der Waals surface area contributed by atoms with Gasteiger partial charge in [-0.3, -0.25) is 10.1 Å². The third-order valence-electron chi connectivity index (χ3n) is 3.84. The van der Waals surface area contributed by atoms with Crippen molar-refractivity contribution in [2.45, 2.75) is 6.92 Å². The Morgan fingerprint density at radius 2 is 2.12 bits per heavy atom. The summed E-state index contributed by atoms with van der Waals surface area (Å²) in [5.41, 5.74) is 3.41. The number of carbonyl (C=O) groups excluding carboxylic acids is 1. The number of hydrogen-bond acceptors (Lipinski definition) is 5. The Balaban J connectivity index is 1.56. The van der Waals surface area contributed by atoms with Crippen molar-refractivity contribution in [2.24, 2.45) is 0 Å². The fourth-order valence-corrected chi connectivity index (χ4v) is 3.55. The molecule has 1 N–H and O–H groups in total. The fourth-order valence-electron chi connectivity index (χ4n) is 2.58. The molecule has 0 saturated heterocycles. The van der Waals surface area contributed by atoms with Gasteiger partial charge in [0.2, 0.25) is 6.79 Å². The fraction of sp³-hybridized carbons (Fsp3) is 0.111. The number of anilines is 1. The van der Waals surface area contributed by atoms with Crippen molar-refractivity contribution in [3.05, 3.63) is 57.9 Å². The Kier molecular flexibility index (Phi) is 4.07. The number of carbonyl (C=O) groups is 1. The van der Waals surface area contributed by atoms with Gasteiger partial charge in [-0.1, -0.05) is 35.9 Å². The number of nitrogens with zero attached hydrogens (tertiary/aromatic N) is 1. The Bertz CT molecular complexity index is 971. The number of nitrogens with one attached hydrogen (secondary N) is 1. The lowest BCUT2D eigenvalue weighted by Gasteiger charge is -2.05. The van der Waals surface area contributed by atoms with Crippen molar-refractivity contribution in [3.8, 4) is 22.8 Å². The van der Waals surface area contributed by atoms with Crippen molar-refractivity contribution in [1.82, 2.24) is 4.98 Å². The summed E-state index contributed by atoms with van der Waals surface area (Å²) in [5, 5.41) is 5.59. The van der Waals surface area contributed by atoms with Crippen molar-refractivity contribution in [2.75, 3.05) is 12.1 Å². The number of halogens is 1. The number of amides is 1. The van der Waals surface area contributed by atoms with Crippen molar-refractivity contribution in [1.29, 1.82) is 0 Å². The van der Waals surface area contributed by atoms with E-state index in [2.05, 4.69) is 10.3 Å². The molecule has 3 aromatic rings. The minimum Gasteiger partial charge on any atom is -0.454 e. The number of rotatable bonds is 3. The summed E-state index contributed by atoms with van der Waals surface area (Å²) >= 11 is 7.50. The summed E-state index contributed by atoms with van der Waals surface area (Å²) in [6, 6.07) is 11.2. The van der Waals surface area contributed by atoms with Crippen LogP contribution < -0.4 is 14.8 Å². The van der Waals surface area contributed by atoms with Gasteiger partial charge < -0.3 is 9.47 Å². The first-order valence-electron chi connectivity index (χ1n) is 7.54. The molecule has 1 aliphatic heterocycles.